The number of furan rings is 1. The van der Waals surface area contributed by atoms with E-state index in [1.807, 2.05) is 24.3 Å². The van der Waals surface area contributed by atoms with E-state index in [4.69, 9.17) is 18.6 Å². The molecule has 1 fully saturated rings. The highest BCUT2D eigenvalue weighted by molar-refractivity contribution is 5.94. The number of hydrogen-bond donors (Lipinski definition) is 1. The average Bonchev–Trinajstić information content (AvgIpc) is 3.37. The lowest BCUT2D eigenvalue weighted by Gasteiger charge is -2.28. The molecule has 1 saturated carbocycles. The quantitative estimate of drug-likeness (QED) is 0.731. The van der Waals surface area contributed by atoms with E-state index < -0.39 is 23.9 Å². The molecule has 1 aliphatic carbocycles. The number of nitriles is 1. The van der Waals surface area contributed by atoms with Crippen molar-refractivity contribution in [2.45, 2.75) is 44.9 Å². The van der Waals surface area contributed by atoms with Gasteiger partial charge in [-0.2, -0.15) is 5.26 Å². The van der Waals surface area contributed by atoms with Crippen LogP contribution in [-0.2, 0) is 19.7 Å². The number of amides is 1. The summed E-state index contributed by atoms with van der Waals surface area (Å²) in [5, 5.41) is 11.8. The summed E-state index contributed by atoms with van der Waals surface area (Å²) in [6.45, 7) is 3.95. The van der Waals surface area contributed by atoms with Crippen molar-refractivity contribution in [2.24, 2.45) is 0 Å². The maximum Gasteiger partial charge on any atom is 0.317 e. The second-order valence-corrected chi connectivity index (χ2v) is 7.87. The smallest absolute Gasteiger partial charge is 0.317 e. The monoisotopic (exact) mass is 424 g/mol. The Bertz CT molecular complexity index is 1060. The number of aryl methyl sites for hydroxylation is 1. The molecule has 2 aliphatic rings. The van der Waals surface area contributed by atoms with Crippen molar-refractivity contribution >= 4 is 17.8 Å². The summed E-state index contributed by atoms with van der Waals surface area (Å²) in [6.07, 6.45) is 3.07. The normalized spacial score (nSPS) is 16.4. The first-order chi connectivity index (χ1) is 14.9. The molecule has 162 valence electrons. The third-order valence-corrected chi connectivity index (χ3v) is 6.03. The molecule has 2 heterocycles. The van der Waals surface area contributed by atoms with Crippen molar-refractivity contribution in [3.05, 3.63) is 40.6 Å². The van der Waals surface area contributed by atoms with Gasteiger partial charge in [0.15, 0.2) is 18.1 Å². The zero-order valence-corrected chi connectivity index (χ0v) is 17.6. The summed E-state index contributed by atoms with van der Waals surface area (Å²) < 4.78 is 22.1. The Labute approximate surface area is 180 Å². The maximum atomic E-state index is 13.1. The number of nitrogens with one attached hydrogen (secondary N) is 1. The molecule has 0 bridgehead atoms. The number of carbonyl (C=O) groups excluding carboxylic acids is 2. The minimum absolute atomic E-state index is 0.0703. The number of benzene rings is 1. The van der Waals surface area contributed by atoms with E-state index in [0.29, 0.717) is 48.9 Å². The van der Waals surface area contributed by atoms with Crippen molar-refractivity contribution in [3.8, 4) is 17.6 Å². The summed E-state index contributed by atoms with van der Waals surface area (Å²) in [5.41, 5.74) is 0.925. The van der Waals surface area contributed by atoms with Crippen LogP contribution < -0.4 is 14.8 Å². The number of rotatable bonds is 5. The van der Waals surface area contributed by atoms with Crippen LogP contribution in [0.1, 0.15) is 48.1 Å². The number of ether oxygens (including phenoxy) is 3. The molecule has 0 radical (unpaired) electrons. The lowest BCUT2D eigenvalue weighted by molar-refractivity contribution is -0.153. The van der Waals surface area contributed by atoms with Crippen LogP contribution in [0, 0.1) is 25.2 Å². The van der Waals surface area contributed by atoms with Gasteiger partial charge in [0.05, 0.1) is 5.41 Å². The van der Waals surface area contributed by atoms with E-state index in [-0.39, 0.29) is 11.4 Å². The highest BCUT2D eigenvalue weighted by atomic mass is 16.6. The minimum atomic E-state index is -0.814. The van der Waals surface area contributed by atoms with E-state index >= 15 is 0 Å². The van der Waals surface area contributed by atoms with Gasteiger partial charge in [0, 0.05) is 5.56 Å². The van der Waals surface area contributed by atoms with E-state index in [2.05, 4.69) is 5.32 Å². The Morgan fingerprint density at radius 1 is 1.16 bits per heavy atom. The van der Waals surface area contributed by atoms with Crippen molar-refractivity contribution in [1.29, 1.82) is 5.26 Å². The van der Waals surface area contributed by atoms with E-state index in [1.54, 1.807) is 13.8 Å². The molecule has 0 spiro atoms. The van der Waals surface area contributed by atoms with Crippen LogP contribution in [0.3, 0.4) is 0 Å². The van der Waals surface area contributed by atoms with Crippen LogP contribution in [0.15, 0.2) is 22.6 Å². The summed E-state index contributed by atoms with van der Waals surface area (Å²) in [4.78, 5) is 25.5. The molecular formula is C23H24N2O6. The first-order valence-electron chi connectivity index (χ1n) is 10.3. The molecule has 8 nitrogen and oxygen atoms in total. The van der Waals surface area contributed by atoms with Crippen molar-refractivity contribution < 1.29 is 28.2 Å². The van der Waals surface area contributed by atoms with Crippen LogP contribution in [0.2, 0.25) is 0 Å². The first kappa shape index (κ1) is 20.8. The van der Waals surface area contributed by atoms with Crippen LogP contribution in [0.5, 0.6) is 11.5 Å². The molecule has 1 aromatic heterocycles. The van der Waals surface area contributed by atoms with Crippen LogP contribution in [0.4, 0.5) is 5.88 Å². The van der Waals surface area contributed by atoms with Crippen LogP contribution >= 0.6 is 0 Å². The molecule has 31 heavy (non-hydrogen) atoms. The average molecular weight is 424 g/mol. The van der Waals surface area contributed by atoms with E-state index in [1.165, 1.54) is 0 Å². The molecule has 1 aromatic carbocycles. The van der Waals surface area contributed by atoms with Gasteiger partial charge >= 0.3 is 5.97 Å². The fourth-order valence-electron chi connectivity index (χ4n) is 4.21. The first-order valence-corrected chi connectivity index (χ1v) is 10.3. The molecule has 0 atom stereocenters. The van der Waals surface area contributed by atoms with Crippen molar-refractivity contribution in [1.82, 2.24) is 0 Å². The Hall–Kier alpha value is -3.47. The summed E-state index contributed by atoms with van der Waals surface area (Å²) in [6, 6.07) is 7.54. The summed E-state index contributed by atoms with van der Waals surface area (Å²) in [5.74, 6) is 0.896. The lowest BCUT2D eigenvalue weighted by atomic mass is 9.78. The summed E-state index contributed by atoms with van der Waals surface area (Å²) >= 11 is 0. The topological polar surface area (TPSA) is 111 Å². The minimum Gasteiger partial charge on any atom is -0.486 e. The fraction of sp³-hybridized carbons (Fsp3) is 0.435. The Balaban J connectivity index is 1.47. The fourth-order valence-corrected chi connectivity index (χ4v) is 4.21. The van der Waals surface area contributed by atoms with Crippen molar-refractivity contribution in [3.63, 3.8) is 0 Å². The highest BCUT2D eigenvalue weighted by Gasteiger charge is 2.45. The molecule has 1 aliphatic heterocycles. The second-order valence-electron chi connectivity index (χ2n) is 7.87. The largest absolute Gasteiger partial charge is 0.486 e. The zero-order valence-electron chi connectivity index (χ0n) is 17.6. The van der Waals surface area contributed by atoms with Gasteiger partial charge in [0.25, 0.3) is 5.91 Å². The number of nitrogens with zero attached hydrogens (tertiary/aromatic N) is 1. The number of esters is 1. The van der Waals surface area contributed by atoms with Gasteiger partial charge in [-0.3, -0.25) is 14.9 Å². The van der Waals surface area contributed by atoms with Gasteiger partial charge in [-0.25, -0.2) is 0 Å². The van der Waals surface area contributed by atoms with Gasteiger partial charge < -0.3 is 18.6 Å². The third kappa shape index (κ3) is 3.83. The van der Waals surface area contributed by atoms with Gasteiger partial charge in [-0.05, 0) is 44.4 Å². The number of carbonyl (C=O) groups is 2. The van der Waals surface area contributed by atoms with E-state index in [9.17, 15) is 14.9 Å². The predicted octanol–water partition coefficient (Wildman–Crippen LogP) is 3.53. The number of anilines is 1. The number of hydrogen-bond acceptors (Lipinski definition) is 7. The molecule has 2 aromatic rings. The van der Waals surface area contributed by atoms with E-state index in [0.717, 1.165) is 18.4 Å². The predicted molar refractivity (Wildman–Crippen MR) is 110 cm³/mol. The van der Waals surface area contributed by atoms with Gasteiger partial charge in [-0.1, -0.05) is 18.9 Å². The van der Waals surface area contributed by atoms with Crippen molar-refractivity contribution in [2.75, 3.05) is 25.1 Å². The molecule has 0 unspecified atom stereocenters. The zero-order chi connectivity index (χ0) is 22.0. The molecule has 1 amide bonds. The highest BCUT2D eigenvalue weighted by Crippen LogP contribution is 2.45. The molecule has 1 N–H and O–H groups in total. The lowest BCUT2D eigenvalue weighted by Crippen LogP contribution is -2.36. The van der Waals surface area contributed by atoms with Crippen LogP contribution in [0.25, 0.3) is 0 Å². The standard InChI is InChI=1S/C23H24N2O6/c1-14-15(2)31-21(17(14)12-24)25-20(26)13-30-22(27)23(7-3-4-8-23)16-5-6-18-19(11-16)29-10-9-28-18/h5-6,11H,3-4,7-10,13H2,1-2H3,(H,25,26). The third-order valence-electron chi connectivity index (χ3n) is 6.03. The van der Waals surface area contributed by atoms with Gasteiger partial charge in [0.1, 0.15) is 30.6 Å². The van der Waals surface area contributed by atoms with Gasteiger partial charge in [0.2, 0.25) is 5.88 Å². The Morgan fingerprint density at radius 3 is 2.58 bits per heavy atom. The number of fused-ring (bicyclic) bond motifs is 1. The van der Waals surface area contributed by atoms with Crippen LogP contribution in [-0.4, -0.2) is 31.7 Å². The molecular weight excluding hydrogens is 400 g/mol. The molecule has 0 saturated heterocycles. The second kappa shape index (κ2) is 8.34. The molecule has 8 heteroatoms. The molecule has 4 rings (SSSR count). The maximum absolute atomic E-state index is 13.1. The Morgan fingerprint density at radius 2 is 1.87 bits per heavy atom. The SMILES string of the molecule is Cc1oc(NC(=O)COC(=O)C2(c3ccc4c(c3)OCCO4)CCCC2)c(C#N)c1C. The van der Waals surface area contributed by atoms with Gasteiger partial charge in [-0.15, -0.1) is 0 Å². The Kier molecular flexibility index (Phi) is 5.59. The summed E-state index contributed by atoms with van der Waals surface area (Å²) in [7, 11) is 0.